The van der Waals surface area contributed by atoms with E-state index in [1.54, 1.807) is 12.1 Å². The molecule has 2 saturated heterocycles. The molecule has 0 aliphatic carbocycles. The fourth-order valence-corrected chi connectivity index (χ4v) is 3.80. The third-order valence-corrected chi connectivity index (χ3v) is 5.28. The predicted molar refractivity (Wildman–Crippen MR) is 93.4 cm³/mol. The summed E-state index contributed by atoms with van der Waals surface area (Å²) in [5.41, 5.74) is 1.04. The fraction of sp³-hybridized carbons (Fsp3) is 0.632. The normalized spacial score (nSPS) is 23.0. The third kappa shape index (κ3) is 4.54. The molecule has 2 aliphatic rings. The van der Waals surface area contributed by atoms with E-state index in [4.69, 9.17) is 0 Å². The van der Waals surface area contributed by atoms with Gasteiger partial charge in [0.05, 0.1) is 6.54 Å². The number of halogens is 1. The number of rotatable bonds is 6. The molecule has 0 saturated carbocycles. The van der Waals surface area contributed by atoms with E-state index in [0.717, 1.165) is 25.1 Å². The van der Waals surface area contributed by atoms with Crippen LogP contribution >= 0.6 is 0 Å². The fourth-order valence-electron chi connectivity index (χ4n) is 3.80. The number of hydrogen-bond acceptors (Lipinski definition) is 3. The zero-order chi connectivity index (χ0) is 16.9. The first-order chi connectivity index (χ1) is 11.6. The van der Waals surface area contributed by atoms with Gasteiger partial charge in [-0.2, -0.15) is 0 Å². The Morgan fingerprint density at radius 2 is 2.00 bits per heavy atom. The molecule has 1 aromatic carbocycles. The number of nitrogens with zero attached hydrogens (tertiary/aromatic N) is 2. The van der Waals surface area contributed by atoms with Gasteiger partial charge in [0, 0.05) is 31.7 Å². The second-order valence-corrected chi connectivity index (χ2v) is 7.16. The SMILES string of the molecule is CC1CCCCN1C1CN(CC(=O)NCCc2ccc(F)cc2)C1. The summed E-state index contributed by atoms with van der Waals surface area (Å²) in [5.74, 6) is -0.139. The Morgan fingerprint density at radius 3 is 2.71 bits per heavy atom. The summed E-state index contributed by atoms with van der Waals surface area (Å²) in [5, 5.41) is 2.96. The maximum Gasteiger partial charge on any atom is 0.234 e. The smallest absolute Gasteiger partial charge is 0.234 e. The van der Waals surface area contributed by atoms with Gasteiger partial charge in [-0.15, -0.1) is 0 Å². The lowest BCUT2D eigenvalue weighted by Gasteiger charge is -2.49. The average molecular weight is 333 g/mol. The molecule has 3 rings (SSSR count). The van der Waals surface area contributed by atoms with Crippen molar-refractivity contribution in [3.8, 4) is 0 Å². The number of benzene rings is 1. The van der Waals surface area contributed by atoms with Crippen molar-refractivity contribution < 1.29 is 9.18 Å². The second-order valence-electron chi connectivity index (χ2n) is 7.16. The first-order valence-corrected chi connectivity index (χ1v) is 9.11. The van der Waals surface area contributed by atoms with Crippen LogP contribution in [0.5, 0.6) is 0 Å². The molecular weight excluding hydrogens is 305 g/mol. The van der Waals surface area contributed by atoms with Gasteiger partial charge in [0.1, 0.15) is 5.82 Å². The molecule has 1 atom stereocenters. The van der Waals surface area contributed by atoms with Crippen molar-refractivity contribution in [2.24, 2.45) is 0 Å². The molecule has 2 fully saturated rings. The molecule has 1 amide bonds. The van der Waals surface area contributed by atoms with Gasteiger partial charge < -0.3 is 5.32 Å². The van der Waals surface area contributed by atoms with E-state index in [-0.39, 0.29) is 11.7 Å². The van der Waals surface area contributed by atoms with E-state index in [0.29, 0.717) is 25.2 Å². The summed E-state index contributed by atoms with van der Waals surface area (Å²) < 4.78 is 12.8. The quantitative estimate of drug-likeness (QED) is 0.865. The summed E-state index contributed by atoms with van der Waals surface area (Å²) >= 11 is 0. The van der Waals surface area contributed by atoms with Crippen LogP contribution in [0.15, 0.2) is 24.3 Å². The summed E-state index contributed by atoms with van der Waals surface area (Å²) in [6.45, 7) is 6.64. The Bertz CT molecular complexity index is 542. The molecule has 24 heavy (non-hydrogen) atoms. The molecule has 1 aromatic rings. The minimum absolute atomic E-state index is 0.0854. The van der Waals surface area contributed by atoms with Gasteiger partial charge in [-0.05, 0) is 50.4 Å². The van der Waals surface area contributed by atoms with Crippen molar-refractivity contribution in [1.82, 2.24) is 15.1 Å². The molecule has 2 heterocycles. The van der Waals surface area contributed by atoms with E-state index in [9.17, 15) is 9.18 Å². The van der Waals surface area contributed by atoms with Crippen LogP contribution in [-0.4, -0.2) is 60.5 Å². The average Bonchev–Trinajstić information content (AvgIpc) is 2.53. The molecular formula is C19H28FN3O. The van der Waals surface area contributed by atoms with Gasteiger partial charge in [-0.25, -0.2) is 4.39 Å². The van der Waals surface area contributed by atoms with Gasteiger partial charge in [0.15, 0.2) is 0 Å². The van der Waals surface area contributed by atoms with Crippen molar-refractivity contribution in [1.29, 1.82) is 0 Å². The van der Waals surface area contributed by atoms with Crippen LogP contribution < -0.4 is 5.32 Å². The molecule has 0 radical (unpaired) electrons. The highest BCUT2D eigenvalue weighted by atomic mass is 19.1. The summed E-state index contributed by atoms with van der Waals surface area (Å²) in [6.07, 6.45) is 4.70. The van der Waals surface area contributed by atoms with Crippen molar-refractivity contribution >= 4 is 5.91 Å². The topological polar surface area (TPSA) is 35.6 Å². The molecule has 4 nitrogen and oxygen atoms in total. The molecule has 1 unspecified atom stereocenters. The second kappa shape index (κ2) is 8.08. The highest BCUT2D eigenvalue weighted by Crippen LogP contribution is 2.24. The van der Waals surface area contributed by atoms with Crippen LogP contribution in [0.4, 0.5) is 4.39 Å². The number of carbonyl (C=O) groups is 1. The third-order valence-electron chi connectivity index (χ3n) is 5.28. The van der Waals surface area contributed by atoms with E-state index in [1.165, 1.54) is 37.9 Å². The van der Waals surface area contributed by atoms with Gasteiger partial charge >= 0.3 is 0 Å². The molecule has 5 heteroatoms. The number of carbonyl (C=O) groups excluding carboxylic acids is 1. The Hall–Kier alpha value is -1.46. The highest BCUT2D eigenvalue weighted by Gasteiger charge is 2.35. The molecule has 0 spiro atoms. The van der Waals surface area contributed by atoms with E-state index in [1.807, 2.05) is 0 Å². The highest BCUT2D eigenvalue weighted by molar-refractivity contribution is 5.78. The zero-order valence-electron chi connectivity index (χ0n) is 14.5. The van der Waals surface area contributed by atoms with Gasteiger partial charge in [0.25, 0.3) is 0 Å². The van der Waals surface area contributed by atoms with Crippen LogP contribution in [0.2, 0.25) is 0 Å². The number of amides is 1. The van der Waals surface area contributed by atoms with Gasteiger partial charge in [0.2, 0.25) is 5.91 Å². The van der Waals surface area contributed by atoms with Crippen LogP contribution in [0.3, 0.4) is 0 Å². The van der Waals surface area contributed by atoms with E-state index < -0.39 is 0 Å². The first-order valence-electron chi connectivity index (χ1n) is 9.11. The van der Waals surface area contributed by atoms with Crippen LogP contribution in [0.1, 0.15) is 31.7 Å². The molecule has 2 aliphatic heterocycles. The summed E-state index contributed by atoms with van der Waals surface area (Å²) in [7, 11) is 0. The lowest BCUT2D eigenvalue weighted by Crippen LogP contribution is -2.63. The maximum atomic E-state index is 12.8. The van der Waals surface area contributed by atoms with E-state index in [2.05, 4.69) is 22.0 Å². The van der Waals surface area contributed by atoms with Crippen molar-refractivity contribution in [3.63, 3.8) is 0 Å². The van der Waals surface area contributed by atoms with Crippen molar-refractivity contribution in [3.05, 3.63) is 35.6 Å². The van der Waals surface area contributed by atoms with Crippen molar-refractivity contribution in [2.45, 2.75) is 44.7 Å². The molecule has 132 valence electrons. The Morgan fingerprint density at radius 1 is 1.25 bits per heavy atom. The molecule has 0 bridgehead atoms. The first kappa shape index (κ1) is 17.4. The lowest BCUT2D eigenvalue weighted by molar-refractivity contribution is -0.124. The minimum Gasteiger partial charge on any atom is -0.355 e. The predicted octanol–water partition coefficient (Wildman–Crippen LogP) is 2.04. The standard InChI is InChI=1S/C19H28FN3O/c1-15-4-2-3-11-23(15)18-12-22(13-18)14-19(24)21-10-9-16-5-7-17(20)8-6-16/h5-8,15,18H,2-4,9-14H2,1H3,(H,21,24). The Kier molecular flexibility index (Phi) is 5.85. The summed E-state index contributed by atoms with van der Waals surface area (Å²) in [6, 6.07) is 7.77. The van der Waals surface area contributed by atoms with Crippen LogP contribution in [-0.2, 0) is 11.2 Å². The molecule has 1 N–H and O–H groups in total. The Balaban J connectivity index is 1.31. The van der Waals surface area contributed by atoms with Gasteiger partial charge in [-0.1, -0.05) is 18.6 Å². The summed E-state index contributed by atoms with van der Waals surface area (Å²) in [4.78, 5) is 16.9. The van der Waals surface area contributed by atoms with E-state index >= 15 is 0 Å². The molecule has 0 aromatic heterocycles. The van der Waals surface area contributed by atoms with Gasteiger partial charge in [-0.3, -0.25) is 14.6 Å². The Labute approximate surface area is 144 Å². The number of piperidine rings is 1. The monoisotopic (exact) mass is 333 g/mol. The minimum atomic E-state index is -0.224. The lowest BCUT2D eigenvalue weighted by atomic mass is 9.97. The largest absolute Gasteiger partial charge is 0.355 e. The number of likely N-dealkylation sites (tertiary alicyclic amines) is 2. The number of nitrogens with one attached hydrogen (secondary N) is 1. The maximum absolute atomic E-state index is 12.8. The number of hydrogen-bond donors (Lipinski definition) is 1. The zero-order valence-corrected chi connectivity index (χ0v) is 14.5. The van der Waals surface area contributed by atoms with Crippen LogP contribution in [0, 0.1) is 5.82 Å². The van der Waals surface area contributed by atoms with Crippen LogP contribution in [0.25, 0.3) is 0 Å². The van der Waals surface area contributed by atoms with Crippen molar-refractivity contribution in [2.75, 3.05) is 32.7 Å².